The van der Waals surface area contributed by atoms with Crippen molar-refractivity contribution in [2.24, 2.45) is 11.8 Å². The van der Waals surface area contributed by atoms with Gasteiger partial charge in [-0.1, -0.05) is 30.3 Å². The van der Waals surface area contributed by atoms with Gasteiger partial charge in [0, 0.05) is 17.0 Å². The molecule has 0 aromatic heterocycles. The summed E-state index contributed by atoms with van der Waals surface area (Å²) in [5, 5.41) is 0. The van der Waals surface area contributed by atoms with E-state index in [4.69, 9.17) is 14.2 Å². The fourth-order valence-corrected chi connectivity index (χ4v) is 5.02. The van der Waals surface area contributed by atoms with Crippen LogP contribution in [0.3, 0.4) is 0 Å². The van der Waals surface area contributed by atoms with Gasteiger partial charge in [0.2, 0.25) is 0 Å². The van der Waals surface area contributed by atoms with Crippen molar-refractivity contribution in [3.63, 3.8) is 0 Å². The van der Waals surface area contributed by atoms with Crippen molar-refractivity contribution < 1.29 is 23.8 Å². The molecule has 5 nitrogen and oxygen atoms in total. The van der Waals surface area contributed by atoms with Crippen LogP contribution in [0.15, 0.2) is 35.9 Å². The molecule has 0 radical (unpaired) electrons. The molecular formula is C22H24O5. The summed E-state index contributed by atoms with van der Waals surface area (Å²) >= 11 is 0. The highest BCUT2D eigenvalue weighted by Crippen LogP contribution is 2.45. The summed E-state index contributed by atoms with van der Waals surface area (Å²) in [7, 11) is 0. The van der Waals surface area contributed by atoms with Gasteiger partial charge in [-0.15, -0.1) is 0 Å². The van der Waals surface area contributed by atoms with Crippen molar-refractivity contribution in [2.45, 2.75) is 57.2 Å². The Morgan fingerprint density at radius 2 is 1.78 bits per heavy atom. The molecule has 27 heavy (non-hydrogen) atoms. The van der Waals surface area contributed by atoms with Crippen molar-refractivity contribution in [3.05, 3.63) is 47.0 Å². The molecule has 5 atom stereocenters. The molecule has 2 aliphatic heterocycles. The average molecular weight is 368 g/mol. The van der Waals surface area contributed by atoms with E-state index in [-0.39, 0.29) is 35.8 Å². The Kier molecular flexibility index (Phi) is 3.90. The molecule has 0 amide bonds. The first-order valence-corrected chi connectivity index (χ1v) is 9.78. The average Bonchev–Trinajstić information content (AvgIpc) is 3.04. The minimum atomic E-state index is -0.602. The number of rotatable bonds is 1. The zero-order chi connectivity index (χ0) is 18.8. The predicted molar refractivity (Wildman–Crippen MR) is 97.6 cm³/mol. The van der Waals surface area contributed by atoms with Gasteiger partial charge >= 0.3 is 0 Å². The zero-order valence-electron chi connectivity index (χ0n) is 15.6. The lowest BCUT2D eigenvalue weighted by atomic mass is 9.65. The van der Waals surface area contributed by atoms with Gasteiger partial charge in [0.25, 0.3) is 0 Å². The van der Waals surface area contributed by atoms with Gasteiger partial charge in [0.05, 0.1) is 24.7 Å². The number of fused-ring (bicyclic) bond motifs is 4. The van der Waals surface area contributed by atoms with E-state index in [0.29, 0.717) is 24.2 Å². The van der Waals surface area contributed by atoms with E-state index in [1.807, 2.05) is 26.0 Å². The lowest BCUT2D eigenvalue weighted by molar-refractivity contribution is -0.168. The van der Waals surface area contributed by atoms with Gasteiger partial charge in [-0.2, -0.15) is 0 Å². The van der Waals surface area contributed by atoms with Gasteiger partial charge < -0.3 is 14.2 Å². The Morgan fingerprint density at radius 1 is 1.04 bits per heavy atom. The molecule has 0 saturated carbocycles. The van der Waals surface area contributed by atoms with E-state index < -0.39 is 11.7 Å². The summed E-state index contributed by atoms with van der Waals surface area (Å²) in [6, 6.07) is 7.17. The van der Waals surface area contributed by atoms with Crippen LogP contribution < -0.4 is 0 Å². The SMILES string of the molecule is CC1(C)OC[C@H]([C@H]2CCC3=CC[C@@H]4C(=O)c5ccccc5C(=O)[C@@H]4[C@@H]3O2)O1. The van der Waals surface area contributed by atoms with Gasteiger partial charge in [-0.05, 0) is 38.7 Å². The smallest absolute Gasteiger partial charge is 0.170 e. The molecule has 0 N–H and O–H groups in total. The molecule has 142 valence electrons. The number of hydrogen-bond donors (Lipinski definition) is 0. The van der Waals surface area contributed by atoms with Gasteiger partial charge in [-0.3, -0.25) is 9.59 Å². The Labute approximate surface area is 158 Å². The molecule has 1 aromatic rings. The number of benzene rings is 1. The lowest BCUT2D eigenvalue weighted by Gasteiger charge is -2.44. The predicted octanol–water partition coefficient (Wildman–Crippen LogP) is 3.33. The monoisotopic (exact) mass is 368 g/mol. The molecule has 2 aliphatic carbocycles. The minimum absolute atomic E-state index is 0.0374. The van der Waals surface area contributed by atoms with Crippen LogP contribution in [0.5, 0.6) is 0 Å². The maximum Gasteiger partial charge on any atom is 0.170 e. The van der Waals surface area contributed by atoms with Crippen molar-refractivity contribution >= 4 is 11.6 Å². The first kappa shape index (κ1) is 17.3. The van der Waals surface area contributed by atoms with Crippen LogP contribution in [0.25, 0.3) is 0 Å². The minimum Gasteiger partial charge on any atom is -0.367 e. The van der Waals surface area contributed by atoms with E-state index in [2.05, 4.69) is 6.08 Å². The Morgan fingerprint density at radius 3 is 2.48 bits per heavy atom. The number of ketones is 2. The third-order valence-corrected chi connectivity index (χ3v) is 6.34. The van der Waals surface area contributed by atoms with Gasteiger partial charge in [-0.25, -0.2) is 0 Å². The van der Waals surface area contributed by atoms with Crippen LogP contribution in [-0.4, -0.2) is 42.3 Å². The molecule has 0 spiro atoms. The molecule has 1 aromatic carbocycles. The quantitative estimate of drug-likeness (QED) is 0.712. The lowest BCUT2D eigenvalue weighted by Crippen LogP contribution is -2.51. The maximum absolute atomic E-state index is 13.3. The number of Topliss-reactive ketones (excluding diaryl/α,β-unsaturated/α-hetero) is 2. The second kappa shape index (κ2) is 6.09. The second-order valence-corrected chi connectivity index (χ2v) is 8.42. The van der Waals surface area contributed by atoms with Crippen molar-refractivity contribution in [1.82, 2.24) is 0 Å². The molecule has 2 fully saturated rings. The highest BCUT2D eigenvalue weighted by Gasteiger charge is 2.51. The maximum atomic E-state index is 13.3. The highest BCUT2D eigenvalue weighted by molar-refractivity contribution is 6.16. The highest BCUT2D eigenvalue weighted by atomic mass is 16.7. The molecule has 5 heteroatoms. The normalized spacial score (nSPS) is 37.3. The van der Waals surface area contributed by atoms with Crippen LogP contribution in [-0.2, 0) is 14.2 Å². The summed E-state index contributed by atoms with van der Waals surface area (Å²) in [5.74, 6) is -1.25. The topological polar surface area (TPSA) is 61.8 Å². The summed E-state index contributed by atoms with van der Waals surface area (Å²) in [4.78, 5) is 26.3. The number of ether oxygens (including phenoxy) is 3. The van der Waals surface area contributed by atoms with Crippen molar-refractivity contribution in [3.8, 4) is 0 Å². The van der Waals surface area contributed by atoms with Crippen molar-refractivity contribution in [2.75, 3.05) is 6.61 Å². The number of carbonyl (C=O) groups excluding carboxylic acids is 2. The zero-order valence-corrected chi connectivity index (χ0v) is 15.6. The largest absolute Gasteiger partial charge is 0.367 e. The summed E-state index contributed by atoms with van der Waals surface area (Å²) < 4.78 is 18.1. The standard InChI is InChI=1S/C22H24O5/c1-22(2)25-11-17(27-22)16-10-8-12-7-9-15-18(21(12)26-16)20(24)14-6-4-3-5-13(14)19(15)23/h3-7,15-18,21H,8-11H2,1-2H3/t15-,16+,17+,18+,21+/m0/s1. The Balaban J connectivity index is 1.45. The van der Waals surface area contributed by atoms with Gasteiger partial charge in [0.15, 0.2) is 17.4 Å². The van der Waals surface area contributed by atoms with Crippen LogP contribution >= 0.6 is 0 Å². The van der Waals surface area contributed by atoms with Crippen LogP contribution in [0.1, 0.15) is 53.8 Å². The fourth-order valence-electron chi connectivity index (χ4n) is 5.02. The summed E-state index contributed by atoms with van der Waals surface area (Å²) in [6.07, 6.45) is 3.89. The van der Waals surface area contributed by atoms with Crippen molar-refractivity contribution in [1.29, 1.82) is 0 Å². The van der Waals surface area contributed by atoms with Crippen LogP contribution in [0, 0.1) is 11.8 Å². The summed E-state index contributed by atoms with van der Waals surface area (Å²) in [5.41, 5.74) is 2.26. The molecule has 0 bridgehead atoms. The second-order valence-electron chi connectivity index (χ2n) is 8.42. The number of hydrogen-bond acceptors (Lipinski definition) is 5. The third kappa shape index (κ3) is 2.72. The molecule has 0 unspecified atom stereocenters. The summed E-state index contributed by atoms with van der Waals surface area (Å²) in [6.45, 7) is 4.29. The van der Waals surface area contributed by atoms with Crippen LogP contribution in [0.2, 0.25) is 0 Å². The third-order valence-electron chi connectivity index (χ3n) is 6.34. The fraction of sp³-hybridized carbons (Fsp3) is 0.545. The van der Waals surface area contributed by atoms with E-state index in [9.17, 15) is 9.59 Å². The molecule has 2 saturated heterocycles. The molecule has 4 aliphatic rings. The molecule has 5 rings (SSSR count). The van der Waals surface area contributed by atoms with Gasteiger partial charge in [0.1, 0.15) is 6.10 Å². The van der Waals surface area contributed by atoms with E-state index >= 15 is 0 Å². The Hall–Kier alpha value is -1.82. The molecular weight excluding hydrogens is 344 g/mol. The number of carbonyl (C=O) groups is 2. The molecule has 2 heterocycles. The van der Waals surface area contributed by atoms with E-state index in [1.54, 1.807) is 12.1 Å². The first-order valence-electron chi connectivity index (χ1n) is 9.78. The van der Waals surface area contributed by atoms with Crippen LogP contribution in [0.4, 0.5) is 0 Å². The Bertz CT molecular complexity index is 839. The van der Waals surface area contributed by atoms with E-state index in [0.717, 1.165) is 18.4 Å². The first-order chi connectivity index (χ1) is 12.9. The van der Waals surface area contributed by atoms with E-state index in [1.165, 1.54) is 0 Å². The number of allylic oxidation sites excluding steroid dienone is 1.